The summed E-state index contributed by atoms with van der Waals surface area (Å²) in [5.41, 5.74) is 4.80. The number of hydrogen-bond donors (Lipinski definition) is 1. The Kier molecular flexibility index (Phi) is 3.97. The maximum absolute atomic E-state index is 5.60. The Hall–Kier alpha value is -1.22. The maximum atomic E-state index is 5.60. The highest BCUT2D eigenvalue weighted by Crippen LogP contribution is 2.25. The van der Waals surface area contributed by atoms with Crippen LogP contribution in [-0.4, -0.2) is 12.2 Å². The van der Waals surface area contributed by atoms with E-state index in [-0.39, 0.29) is 12.2 Å². The van der Waals surface area contributed by atoms with Gasteiger partial charge in [-0.3, -0.25) is 0 Å². The van der Waals surface area contributed by atoms with Crippen LogP contribution in [0.5, 0.6) is 11.5 Å². The van der Waals surface area contributed by atoms with Crippen LogP contribution in [0.4, 0.5) is 5.69 Å². The van der Waals surface area contributed by atoms with Crippen LogP contribution in [0.2, 0.25) is 0 Å². The minimum Gasteiger partial charge on any atom is -0.491 e. The van der Waals surface area contributed by atoms with Gasteiger partial charge in [-0.05, 0) is 27.7 Å². The fourth-order valence-corrected chi connectivity index (χ4v) is 1.31. The van der Waals surface area contributed by atoms with E-state index in [1.807, 2.05) is 45.9 Å². The Morgan fingerprint density at radius 1 is 0.867 bits per heavy atom. The van der Waals surface area contributed by atoms with Gasteiger partial charge in [0.15, 0.2) is 0 Å². The topological polar surface area (TPSA) is 46.1 Å². The first kappa shape index (κ1) is 11.9. The van der Waals surface area contributed by atoms with E-state index in [2.05, 4.69) is 5.73 Å². The van der Waals surface area contributed by atoms with Crippen molar-refractivity contribution in [3.05, 3.63) is 18.2 Å². The molecule has 0 unspecified atom stereocenters. The van der Waals surface area contributed by atoms with Crippen LogP contribution < -0.4 is 15.2 Å². The lowest BCUT2D eigenvalue weighted by Gasteiger charge is -2.13. The summed E-state index contributed by atoms with van der Waals surface area (Å²) < 4.78 is 11.2. The number of rotatable bonds is 4. The standard InChI is InChI=1S/C12H19NO2/c1-8(2)14-11-5-10(13)6-12(7-11)15-9(3)4/h5-9H,13H2,1-4H3/p+1. The molecule has 0 bridgehead atoms. The third kappa shape index (κ3) is 4.21. The second-order valence-electron chi connectivity index (χ2n) is 4.15. The fraction of sp³-hybridized carbons (Fsp3) is 0.500. The second-order valence-corrected chi connectivity index (χ2v) is 4.15. The van der Waals surface area contributed by atoms with E-state index in [0.29, 0.717) is 0 Å². The normalized spacial score (nSPS) is 10.9. The van der Waals surface area contributed by atoms with Crippen molar-refractivity contribution in [2.45, 2.75) is 39.9 Å². The lowest BCUT2D eigenvalue weighted by molar-refractivity contribution is -0.255. The average molecular weight is 210 g/mol. The fourth-order valence-electron chi connectivity index (χ4n) is 1.31. The van der Waals surface area contributed by atoms with E-state index in [0.717, 1.165) is 17.2 Å². The van der Waals surface area contributed by atoms with Gasteiger partial charge in [0.05, 0.1) is 12.2 Å². The molecule has 3 heteroatoms. The summed E-state index contributed by atoms with van der Waals surface area (Å²) >= 11 is 0. The van der Waals surface area contributed by atoms with Gasteiger partial charge in [-0.15, -0.1) is 0 Å². The van der Waals surface area contributed by atoms with Gasteiger partial charge in [0, 0.05) is 18.2 Å². The number of ether oxygens (including phenoxy) is 2. The first-order chi connectivity index (χ1) is 6.97. The molecule has 1 aromatic rings. The van der Waals surface area contributed by atoms with Crippen molar-refractivity contribution < 1.29 is 15.2 Å². The Morgan fingerprint density at radius 3 is 1.60 bits per heavy atom. The zero-order valence-electron chi connectivity index (χ0n) is 9.91. The predicted molar refractivity (Wildman–Crippen MR) is 60.5 cm³/mol. The van der Waals surface area contributed by atoms with Crippen molar-refractivity contribution >= 4 is 5.69 Å². The van der Waals surface area contributed by atoms with Crippen molar-refractivity contribution in [1.29, 1.82) is 0 Å². The van der Waals surface area contributed by atoms with Gasteiger partial charge in [0.25, 0.3) is 0 Å². The minimum absolute atomic E-state index is 0.165. The molecule has 84 valence electrons. The summed E-state index contributed by atoms with van der Waals surface area (Å²) in [5, 5.41) is 0. The van der Waals surface area contributed by atoms with Crippen molar-refractivity contribution in [2.75, 3.05) is 0 Å². The van der Waals surface area contributed by atoms with Crippen molar-refractivity contribution in [2.24, 2.45) is 0 Å². The summed E-state index contributed by atoms with van der Waals surface area (Å²) in [6.07, 6.45) is 0.331. The monoisotopic (exact) mass is 210 g/mol. The van der Waals surface area contributed by atoms with Crippen LogP contribution >= 0.6 is 0 Å². The quantitative estimate of drug-likeness (QED) is 0.827. The van der Waals surface area contributed by atoms with Crippen molar-refractivity contribution in [1.82, 2.24) is 0 Å². The molecule has 0 aliphatic carbocycles. The van der Waals surface area contributed by atoms with E-state index in [1.165, 1.54) is 0 Å². The molecule has 3 nitrogen and oxygen atoms in total. The molecule has 0 aliphatic rings. The van der Waals surface area contributed by atoms with Crippen LogP contribution in [0.3, 0.4) is 0 Å². The molecule has 0 spiro atoms. The van der Waals surface area contributed by atoms with Gasteiger partial charge in [-0.25, -0.2) is 0 Å². The van der Waals surface area contributed by atoms with Gasteiger partial charge in [-0.1, -0.05) is 0 Å². The largest absolute Gasteiger partial charge is 0.491 e. The highest BCUT2D eigenvalue weighted by atomic mass is 16.5. The first-order valence-corrected chi connectivity index (χ1v) is 5.27. The summed E-state index contributed by atoms with van der Waals surface area (Å²) in [4.78, 5) is 0. The molecule has 0 atom stereocenters. The zero-order chi connectivity index (χ0) is 11.4. The van der Waals surface area contributed by atoms with Crippen LogP contribution in [0, 0.1) is 0 Å². The number of hydrogen-bond acceptors (Lipinski definition) is 2. The van der Waals surface area contributed by atoms with Crippen molar-refractivity contribution in [3.63, 3.8) is 0 Å². The van der Waals surface area contributed by atoms with Crippen LogP contribution in [0.1, 0.15) is 27.7 Å². The van der Waals surface area contributed by atoms with E-state index < -0.39 is 0 Å². The van der Waals surface area contributed by atoms with Gasteiger partial charge in [0.1, 0.15) is 17.2 Å². The SMILES string of the molecule is CC(C)Oc1cc([NH3+])cc(OC(C)C)c1. The molecule has 1 rings (SSSR count). The second kappa shape index (κ2) is 5.03. The van der Waals surface area contributed by atoms with Gasteiger partial charge < -0.3 is 15.2 Å². The van der Waals surface area contributed by atoms with Crippen LogP contribution in [0.15, 0.2) is 18.2 Å². The first-order valence-electron chi connectivity index (χ1n) is 5.27. The third-order valence-corrected chi connectivity index (χ3v) is 1.68. The van der Waals surface area contributed by atoms with E-state index >= 15 is 0 Å². The summed E-state index contributed by atoms with van der Waals surface area (Å²) in [7, 11) is 0. The van der Waals surface area contributed by atoms with Gasteiger partial charge in [-0.2, -0.15) is 0 Å². The maximum Gasteiger partial charge on any atom is 0.135 e. The van der Waals surface area contributed by atoms with Gasteiger partial charge in [0.2, 0.25) is 0 Å². The molecule has 0 saturated heterocycles. The molecule has 15 heavy (non-hydrogen) atoms. The number of benzene rings is 1. The summed E-state index contributed by atoms with van der Waals surface area (Å²) in [6.45, 7) is 7.99. The highest BCUT2D eigenvalue weighted by molar-refractivity contribution is 5.45. The molecule has 0 aliphatic heterocycles. The minimum atomic E-state index is 0.165. The Balaban J connectivity index is 2.84. The Bertz CT molecular complexity index is 293. The summed E-state index contributed by atoms with van der Waals surface area (Å²) in [6, 6.07) is 5.72. The molecule has 0 amide bonds. The molecular formula is C12H20NO2+. The predicted octanol–water partition coefficient (Wildman–Crippen LogP) is 2.13. The van der Waals surface area contributed by atoms with Crippen molar-refractivity contribution in [3.8, 4) is 11.5 Å². The Labute approximate surface area is 91.2 Å². The lowest BCUT2D eigenvalue weighted by Crippen LogP contribution is -2.40. The molecule has 3 N–H and O–H groups in total. The Morgan fingerprint density at radius 2 is 1.27 bits per heavy atom. The van der Waals surface area contributed by atoms with E-state index in [9.17, 15) is 0 Å². The van der Waals surface area contributed by atoms with E-state index in [1.54, 1.807) is 0 Å². The highest BCUT2D eigenvalue weighted by Gasteiger charge is 2.06. The molecule has 0 radical (unpaired) electrons. The number of quaternary nitrogens is 1. The molecule has 0 aromatic heterocycles. The average Bonchev–Trinajstić information content (AvgIpc) is 1.98. The molecule has 0 heterocycles. The molecule has 1 aromatic carbocycles. The van der Waals surface area contributed by atoms with E-state index in [4.69, 9.17) is 9.47 Å². The summed E-state index contributed by atoms with van der Waals surface area (Å²) in [5.74, 6) is 1.63. The molecule has 0 fully saturated rings. The molecule has 0 saturated carbocycles. The van der Waals surface area contributed by atoms with Crippen LogP contribution in [0.25, 0.3) is 0 Å². The lowest BCUT2D eigenvalue weighted by atomic mass is 10.2. The van der Waals surface area contributed by atoms with Crippen LogP contribution in [-0.2, 0) is 0 Å². The molecular weight excluding hydrogens is 190 g/mol. The zero-order valence-corrected chi connectivity index (χ0v) is 9.91. The van der Waals surface area contributed by atoms with Gasteiger partial charge >= 0.3 is 0 Å². The smallest absolute Gasteiger partial charge is 0.135 e. The third-order valence-electron chi connectivity index (χ3n) is 1.68.